The molecule has 1 aromatic carbocycles. The molecule has 0 unspecified atom stereocenters. The van der Waals surface area contributed by atoms with Gasteiger partial charge in [0.25, 0.3) is 0 Å². The fraction of sp³-hybridized carbons (Fsp3) is 0.150. The SMILES string of the molecule is Cc1ccc(-c2cnc3c(NCCc4ccncc4)nccn23)cc1. The monoisotopic (exact) mass is 329 g/mol. The lowest BCUT2D eigenvalue weighted by Gasteiger charge is -2.08. The van der Waals surface area contributed by atoms with Gasteiger partial charge in [-0.15, -0.1) is 0 Å². The van der Waals surface area contributed by atoms with Crippen LogP contribution in [0.5, 0.6) is 0 Å². The molecule has 5 heteroatoms. The van der Waals surface area contributed by atoms with Crippen LogP contribution < -0.4 is 5.32 Å². The summed E-state index contributed by atoms with van der Waals surface area (Å²) in [4.78, 5) is 13.1. The van der Waals surface area contributed by atoms with Gasteiger partial charge >= 0.3 is 0 Å². The van der Waals surface area contributed by atoms with Gasteiger partial charge < -0.3 is 5.32 Å². The molecular weight excluding hydrogens is 310 g/mol. The molecule has 0 radical (unpaired) electrons. The van der Waals surface area contributed by atoms with E-state index in [2.05, 4.69) is 55.9 Å². The Morgan fingerprint density at radius 2 is 1.76 bits per heavy atom. The van der Waals surface area contributed by atoms with E-state index in [1.54, 1.807) is 6.20 Å². The summed E-state index contributed by atoms with van der Waals surface area (Å²) in [7, 11) is 0. The first-order chi connectivity index (χ1) is 12.3. The number of imidazole rings is 1. The van der Waals surface area contributed by atoms with Gasteiger partial charge in [-0.1, -0.05) is 29.8 Å². The van der Waals surface area contributed by atoms with Crippen LogP contribution in [0, 0.1) is 6.92 Å². The van der Waals surface area contributed by atoms with Gasteiger partial charge in [0.15, 0.2) is 11.5 Å². The standard InChI is InChI=1S/C20H19N5/c1-15-2-4-17(5-3-15)18-14-24-20-19(23-12-13-25(18)20)22-11-8-16-6-9-21-10-7-16/h2-7,9-10,12-14H,8,11H2,1H3,(H,22,23). The van der Waals surface area contributed by atoms with Crippen LogP contribution in [0.25, 0.3) is 16.9 Å². The quantitative estimate of drug-likeness (QED) is 0.606. The van der Waals surface area contributed by atoms with Gasteiger partial charge in [-0.2, -0.15) is 0 Å². The summed E-state index contributed by atoms with van der Waals surface area (Å²) in [5.74, 6) is 0.801. The van der Waals surface area contributed by atoms with E-state index in [4.69, 9.17) is 0 Å². The van der Waals surface area contributed by atoms with Crippen molar-refractivity contribution in [3.05, 3.63) is 78.5 Å². The van der Waals surface area contributed by atoms with E-state index < -0.39 is 0 Å². The fourth-order valence-electron chi connectivity index (χ4n) is 2.86. The van der Waals surface area contributed by atoms with Crippen molar-refractivity contribution >= 4 is 11.5 Å². The van der Waals surface area contributed by atoms with Crippen LogP contribution in [-0.4, -0.2) is 25.9 Å². The number of fused-ring (bicyclic) bond motifs is 1. The molecule has 0 aliphatic carbocycles. The number of rotatable bonds is 5. The van der Waals surface area contributed by atoms with Crippen LogP contribution in [0.1, 0.15) is 11.1 Å². The maximum Gasteiger partial charge on any atom is 0.180 e. The average molecular weight is 329 g/mol. The number of nitrogens with one attached hydrogen (secondary N) is 1. The highest BCUT2D eigenvalue weighted by molar-refractivity contribution is 5.70. The van der Waals surface area contributed by atoms with Crippen molar-refractivity contribution in [3.8, 4) is 11.3 Å². The second-order valence-corrected chi connectivity index (χ2v) is 6.01. The van der Waals surface area contributed by atoms with Gasteiger partial charge in [0.1, 0.15) is 0 Å². The van der Waals surface area contributed by atoms with Gasteiger partial charge in [0.2, 0.25) is 0 Å². The molecule has 4 rings (SSSR count). The predicted octanol–water partition coefficient (Wildman–Crippen LogP) is 3.75. The van der Waals surface area contributed by atoms with Crippen LogP contribution in [0.4, 0.5) is 5.82 Å². The molecule has 0 saturated carbocycles. The van der Waals surface area contributed by atoms with Crippen LogP contribution in [0.2, 0.25) is 0 Å². The largest absolute Gasteiger partial charge is 0.367 e. The highest BCUT2D eigenvalue weighted by Gasteiger charge is 2.10. The zero-order chi connectivity index (χ0) is 17.1. The third-order valence-corrected chi connectivity index (χ3v) is 4.23. The Balaban J connectivity index is 1.57. The van der Waals surface area contributed by atoms with E-state index in [-0.39, 0.29) is 0 Å². The molecule has 0 atom stereocenters. The van der Waals surface area contributed by atoms with Crippen LogP contribution >= 0.6 is 0 Å². The van der Waals surface area contributed by atoms with Gasteiger partial charge in [-0.25, -0.2) is 9.97 Å². The maximum atomic E-state index is 4.57. The summed E-state index contributed by atoms with van der Waals surface area (Å²) in [5, 5.41) is 3.40. The summed E-state index contributed by atoms with van der Waals surface area (Å²) in [6, 6.07) is 12.5. The predicted molar refractivity (Wildman–Crippen MR) is 99.6 cm³/mol. The maximum absolute atomic E-state index is 4.57. The van der Waals surface area contributed by atoms with Crippen molar-refractivity contribution in [2.24, 2.45) is 0 Å². The molecule has 0 aliphatic heterocycles. The molecule has 0 fully saturated rings. The Morgan fingerprint density at radius 3 is 2.56 bits per heavy atom. The Kier molecular flexibility index (Phi) is 4.12. The van der Waals surface area contributed by atoms with E-state index in [9.17, 15) is 0 Å². The summed E-state index contributed by atoms with van der Waals surface area (Å²) in [5.41, 5.74) is 5.55. The normalized spacial score (nSPS) is 10.9. The molecule has 1 N–H and O–H groups in total. The second kappa shape index (κ2) is 6.73. The van der Waals surface area contributed by atoms with E-state index in [0.717, 1.165) is 35.7 Å². The zero-order valence-electron chi connectivity index (χ0n) is 14.1. The smallest absolute Gasteiger partial charge is 0.180 e. The van der Waals surface area contributed by atoms with Crippen molar-refractivity contribution in [2.45, 2.75) is 13.3 Å². The molecule has 0 saturated heterocycles. The molecule has 3 aromatic heterocycles. The molecule has 0 bridgehead atoms. The first-order valence-corrected chi connectivity index (χ1v) is 8.33. The number of benzene rings is 1. The van der Waals surface area contributed by atoms with E-state index in [1.165, 1.54) is 11.1 Å². The Labute approximate surface area is 146 Å². The van der Waals surface area contributed by atoms with Gasteiger partial charge in [0, 0.05) is 36.9 Å². The van der Waals surface area contributed by atoms with E-state index in [0.29, 0.717) is 0 Å². The minimum atomic E-state index is 0.795. The molecule has 0 aliphatic rings. The molecule has 0 amide bonds. The van der Waals surface area contributed by atoms with Crippen molar-refractivity contribution < 1.29 is 0 Å². The lowest BCUT2D eigenvalue weighted by molar-refractivity contribution is 0.993. The summed E-state index contributed by atoms with van der Waals surface area (Å²) >= 11 is 0. The second-order valence-electron chi connectivity index (χ2n) is 6.01. The minimum Gasteiger partial charge on any atom is -0.367 e. The number of hydrogen-bond donors (Lipinski definition) is 1. The van der Waals surface area contributed by atoms with Crippen molar-refractivity contribution in [1.82, 2.24) is 19.4 Å². The van der Waals surface area contributed by atoms with E-state index >= 15 is 0 Å². The number of aromatic nitrogens is 4. The molecule has 0 spiro atoms. The topological polar surface area (TPSA) is 55.1 Å². The molecule has 4 aromatic rings. The molecule has 124 valence electrons. The number of nitrogens with zero attached hydrogens (tertiary/aromatic N) is 4. The van der Waals surface area contributed by atoms with E-state index in [1.807, 2.05) is 36.9 Å². The molecule has 5 nitrogen and oxygen atoms in total. The van der Waals surface area contributed by atoms with Crippen LogP contribution in [-0.2, 0) is 6.42 Å². The van der Waals surface area contributed by atoms with Crippen molar-refractivity contribution in [1.29, 1.82) is 0 Å². The lowest BCUT2D eigenvalue weighted by Crippen LogP contribution is -2.08. The molecular formula is C20H19N5. The first-order valence-electron chi connectivity index (χ1n) is 8.33. The van der Waals surface area contributed by atoms with Crippen molar-refractivity contribution in [2.75, 3.05) is 11.9 Å². The number of pyridine rings is 1. The fourth-order valence-corrected chi connectivity index (χ4v) is 2.86. The number of anilines is 1. The molecule has 25 heavy (non-hydrogen) atoms. The number of aryl methyl sites for hydroxylation is 1. The highest BCUT2D eigenvalue weighted by atomic mass is 15.1. The summed E-state index contributed by atoms with van der Waals surface area (Å²) in [6.45, 7) is 2.89. The minimum absolute atomic E-state index is 0.795. The van der Waals surface area contributed by atoms with Crippen LogP contribution in [0.15, 0.2) is 67.4 Å². The Morgan fingerprint density at radius 1 is 0.960 bits per heavy atom. The summed E-state index contributed by atoms with van der Waals surface area (Å²) in [6.07, 6.45) is 10.2. The Hall–Kier alpha value is -3.21. The third-order valence-electron chi connectivity index (χ3n) is 4.23. The van der Waals surface area contributed by atoms with Gasteiger partial charge in [-0.3, -0.25) is 9.38 Å². The third kappa shape index (κ3) is 3.21. The lowest BCUT2D eigenvalue weighted by atomic mass is 10.1. The molecule has 3 heterocycles. The van der Waals surface area contributed by atoms with Crippen molar-refractivity contribution in [3.63, 3.8) is 0 Å². The number of hydrogen-bond acceptors (Lipinski definition) is 4. The zero-order valence-corrected chi connectivity index (χ0v) is 14.1. The van der Waals surface area contributed by atoms with Gasteiger partial charge in [-0.05, 0) is 31.0 Å². The average Bonchev–Trinajstić information content (AvgIpc) is 3.08. The van der Waals surface area contributed by atoms with Crippen LogP contribution in [0.3, 0.4) is 0 Å². The Bertz CT molecular complexity index is 974. The van der Waals surface area contributed by atoms with Gasteiger partial charge in [0.05, 0.1) is 11.9 Å². The first kappa shape index (κ1) is 15.3. The summed E-state index contributed by atoms with van der Waals surface area (Å²) < 4.78 is 2.08. The highest BCUT2D eigenvalue weighted by Crippen LogP contribution is 2.23.